The Morgan fingerprint density at radius 2 is 1.58 bits per heavy atom. The van der Waals surface area contributed by atoms with Crippen LogP contribution < -0.4 is 14.4 Å². The Bertz CT molecular complexity index is 1370. The van der Waals surface area contributed by atoms with Gasteiger partial charge in [-0.25, -0.2) is 0 Å². The molecule has 38 heavy (non-hydrogen) atoms. The van der Waals surface area contributed by atoms with Crippen LogP contribution in [0.1, 0.15) is 61.9 Å². The van der Waals surface area contributed by atoms with E-state index < -0.39 is 17.7 Å². The molecule has 1 aliphatic carbocycles. The molecule has 2 aliphatic rings. The number of carbonyl (C=O) groups is 2. The molecular weight excluding hydrogens is 478 g/mol. The largest absolute Gasteiger partial charge is 0.507 e. The van der Waals surface area contributed by atoms with E-state index in [1.807, 2.05) is 63.2 Å². The van der Waals surface area contributed by atoms with Crippen LogP contribution in [-0.4, -0.2) is 29.5 Å². The molecule has 0 saturated carbocycles. The molecule has 0 radical (unpaired) electrons. The van der Waals surface area contributed by atoms with Crippen LogP contribution in [-0.2, 0) is 22.4 Å². The molecule has 5 rings (SSSR count). The number of benzene rings is 3. The Morgan fingerprint density at radius 1 is 0.921 bits per heavy atom. The summed E-state index contributed by atoms with van der Waals surface area (Å²) in [7, 11) is 0. The highest BCUT2D eigenvalue weighted by Crippen LogP contribution is 2.43. The third-order valence-corrected chi connectivity index (χ3v) is 7.06. The van der Waals surface area contributed by atoms with E-state index in [4.69, 9.17) is 9.47 Å². The highest BCUT2D eigenvalue weighted by Gasteiger charge is 2.47. The summed E-state index contributed by atoms with van der Waals surface area (Å²) in [5.74, 6) is -0.175. The van der Waals surface area contributed by atoms with Crippen LogP contribution in [0.4, 0.5) is 5.69 Å². The monoisotopic (exact) mass is 511 g/mol. The number of carbonyl (C=O) groups excluding carboxylic acids is 2. The molecule has 0 bridgehead atoms. The zero-order valence-electron chi connectivity index (χ0n) is 22.1. The number of Topliss-reactive ketones (excluding diaryl/α,β-unsaturated/α-hetero) is 1. The number of amides is 1. The summed E-state index contributed by atoms with van der Waals surface area (Å²) in [6.45, 7) is 6.33. The van der Waals surface area contributed by atoms with Crippen molar-refractivity contribution < 1.29 is 24.2 Å². The molecule has 196 valence electrons. The van der Waals surface area contributed by atoms with Crippen LogP contribution in [0.5, 0.6) is 11.5 Å². The topological polar surface area (TPSA) is 76.1 Å². The molecule has 3 aromatic carbocycles. The van der Waals surface area contributed by atoms with Gasteiger partial charge in [-0.15, -0.1) is 0 Å². The number of aliphatic hydroxyl groups excluding tert-OH is 1. The lowest BCUT2D eigenvalue weighted by Crippen LogP contribution is -2.29. The molecule has 1 atom stereocenters. The van der Waals surface area contributed by atoms with Crippen molar-refractivity contribution in [3.63, 3.8) is 0 Å². The summed E-state index contributed by atoms with van der Waals surface area (Å²) in [5, 5.41) is 11.5. The minimum absolute atomic E-state index is 0.0133. The van der Waals surface area contributed by atoms with Gasteiger partial charge >= 0.3 is 0 Å². The van der Waals surface area contributed by atoms with Crippen molar-refractivity contribution >= 4 is 23.1 Å². The first-order valence-corrected chi connectivity index (χ1v) is 13.3. The number of hydrogen-bond donors (Lipinski definition) is 1. The molecule has 0 aromatic heterocycles. The highest BCUT2D eigenvalue weighted by atomic mass is 16.5. The second-order valence-corrected chi connectivity index (χ2v) is 10.0. The van der Waals surface area contributed by atoms with Gasteiger partial charge in [-0.2, -0.15) is 0 Å². The van der Waals surface area contributed by atoms with Crippen molar-refractivity contribution in [2.45, 2.75) is 58.6 Å². The average molecular weight is 512 g/mol. The second-order valence-electron chi connectivity index (χ2n) is 10.0. The van der Waals surface area contributed by atoms with Crippen LogP contribution in [0, 0.1) is 0 Å². The molecule has 0 spiro atoms. The fourth-order valence-corrected chi connectivity index (χ4v) is 5.32. The summed E-state index contributed by atoms with van der Waals surface area (Å²) in [6.07, 6.45) is 4.23. The normalized spacial score (nSPS) is 18.5. The van der Waals surface area contributed by atoms with Crippen molar-refractivity contribution in [3.8, 4) is 11.5 Å². The Labute approximate surface area is 223 Å². The maximum Gasteiger partial charge on any atom is 0.300 e. The van der Waals surface area contributed by atoms with Gasteiger partial charge < -0.3 is 14.6 Å². The molecule has 1 heterocycles. The predicted molar refractivity (Wildman–Crippen MR) is 148 cm³/mol. The zero-order chi connectivity index (χ0) is 26.8. The van der Waals surface area contributed by atoms with Crippen molar-refractivity contribution in [2.24, 2.45) is 0 Å². The van der Waals surface area contributed by atoms with E-state index in [1.54, 1.807) is 24.3 Å². The number of nitrogens with zero attached hydrogens (tertiary/aromatic N) is 1. The van der Waals surface area contributed by atoms with Crippen molar-refractivity contribution in [1.82, 2.24) is 0 Å². The number of ketones is 1. The summed E-state index contributed by atoms with van der Waals surface area (Å²) in [6, 6.07) is 19.5. The molecule has 6 nitrogen and oxygen atoms in total. The van der Waals surface area contributed by atoms with E-state index in [1.165, 1.54) is 16.0 Å². The Kier molecular flexibility index (Phi) is 7.23. The summed E-state index contributed by atoms with van der Waals surface area (Å²) in [4.78, 5) is 28.4. The lowest BCUT2D eigenvalue weighted by molar-refractivity contribution is -0.132. The van der Waals surface area contributed by atoms with Gasteiger partial charge in [0.2, 0.25) is 0 Å². The van der Waals surface area contributed by atoms with Gasteiger partial charge in [-0.3, -0.25) is 14.5 Å². The first kappa shape index (κ1) is 25.6. The standard InChI is InChI=1S/C32H33NO5/c1-4-37-26-17-13-25(14-18-26)33-29(22-11-15-27(16-12-22)38-20(2)3)28(31(35)32(33)36)30(34)24-10-9-21-7-5-6-8-23(21)19-24/h9-20,29,34H,4-8H2,1-3H3/b30-28-. The van der Waals surface area contributed by atoms with Gasteiger partial charge in [0, 0.05) is 11.3 Å². The molecule has 6 heteroatoms. The Morgan fingerprint density at radius 3 is 2.24 bits per heavy atom. The maximum atomic E-state index is 13.5. The Hall–Kier alpha value is -4.06. The van der Waals surface area contributed by atoms with Crippen molar-refractivity contribution in [1.29, 1.82) is 0 Å². The van der Waals surface area contributed by atoms with Crippen LogP contribution in [0.2, 0.25) is 0 Å². The van der Waals surface area contributed by atoms with Crippen LogP contribution >= 0.6 is 0 Å². The zero-order valence-corrected chi connectivity index (χ0v) is 22.1. The van der Waals surface area contributed by atoms with Gasteiger partial charge in [0.05, 0.1) is 24.3 Å². The summed E-state index contributed by atoms with van der Waals surface area (Å²) < 4.78 is 11.4. The van der Waals surface area contributed by atoms with Crippen LogP contribution in [0.25, 0.3) is 5.76 Å². The van der Waals surface area contributed by atoms with E-state index in [9.17, 15) is 14.7 Å². The lowest BCUT2D eigenvalue weighted by Gasteiger charge is -2.26. The SMILES string of the molecule is CCOc1ccc(N2C(=O)C(=O)/C(=C(\O)c3ccc4c(c3)CCCC4)C2c2ccc(OC(C)C)cc2)cc1. The number of hydrogen-bond acceptors (Lipinski definition) is 5. The van der Waals surface area contributed by atoms with Gasteiger partial charge in [-0.05, 0) is 106 Å². The lowest BCUT2D eigenvalue weighted by atomic mass is 9.88. The van der Waals surface area contributed by atoms with Gasteiger partial charge in [0.1, 0.15) is 17.3 Å². The molecular formula is C32H33NO5. The number of ether oxygens (including phenoxy) is 2. The van der Waals surface area contributed by atoms with Crippen molar-refractivity contribution in [2.75, 3.05) is 11.5 Å². The summed E-state index contributed by atoms with van der Waals surface area (Å²) in [5.41, 5.74) is 4.35. The number of anilines is 1. The third-order valence-electron chi connectivity index (χ3n) is 7.06. The van der Waals surface area contributed by atoms with Crippen LogP contribution in [0.15, 0.2) is 72.3 Å². The first-order chi connectivity index (χ1) is 18.4. The fourth-order valence-electron chi connectivity index (χ4n) is 5.32. The van der Waals surface area contributed by atoms with Gasteiger partial charge in [0.15, 0.2) is 0 Å². The van der Waals surface area contributed by atoms with Crippen molar-refractivity contribution in [3.05, 3.63) is 94.6 Å². The quantitative estimate of drug-likeness (QED) is 0.226. The molecule has 1 fully saturated rings. The maximum absolute atomic E-state index is 13.5. The number of aryl methyl sites for hydroxylation is 2. The number of rotatable bonds is 7. The second kappa shape index (κ2) is 10.7. The Balaban J connectivity index is 1.62. The smallest absolute Gasteiger partial charge is 0.300 e. The van der Waals surface area contributed by atoms with Crippen LogP contribution in [0.3, 0.4) is 0 Å². The van der Waals surface area contributed by atoms with E-state index in [2.05, 4.69) is 0 Å². The fraction of sp³-hybridized carbons (Fsp3) is 0.312. The van der Waals surface area contributed by atoms with E-state index in [0.29, 0.717) is 34.9 Å². The molecule has 1 unspecified atom stereocenters. The molecule has 1 amide bonds. The van der Waals surface area contributed by atoms with Gasteiger partial charge in [0.25, 0.3) is 11.7 Å². The number of fused-ring (bicyclic) bond motifs is 1. The molecule has 3 aromatic rings. The van der Waals surface area contributed by atoms with E-state index in [0.717, 1.165) is 25.7 Å². The first-order valence-electron chi connectivity index (χ1n) is 13.3. The van der Waals surface area contributed by atoms with E-state index >= 15 is 0 Å². The van der Waals surface area contributed by atoms with E-state index in [-0.39, 0.29) is 17.4 Å². The average Bonchev–Trinajstić information content (AvgIpc) is 3.19. The summed E-state index contributed by atoms with van der Waals surface area (Å²) >= 11 is 0. The molecule has 1 N–H and O–H groups in total. The number of aliphatic hydroxyl groups is 1. The molecule has 1 saturated heterocycles. The molecule has 1 aliphatic heterocycles. The third kappa shape index (κ3) is 4.91. The highest BCUT2D eigenvalue weighted by molar-refractivity contribution is 6.51. The van der Waals surface area contributed by atoms with Gasteiger partial charge in [-0.1, -0.05) is 24.3 Å². The minimum Gasteiger partial charge on any atom is -0.507 e. The minimum atomic E-state index is -0.794. The predicted octanol–water partition coefficient (Wildman–Crippen LogP) is 6.38.